The third-order valence-electron chi connectivity index (χ3n) is 4.01. The highest BCUT2D eigenvalue weighted by molar-refractivity contribution is 6.30. The maximum absolute atomic E-state index is 5.98. The number of pyridine rings is 2. The lowest BCUT2D eigenvalue weighted by Crippen LogP contribution is -2.41. The van der Waals surface area contributed by atoms with Gasteiger partial charge in [0.2, 0.25) is 5.88 Å². The first kappa shape index (κ1) is 15.1. The van der Waals surface area contributed by atoms with Crippen LogP contribution in [0.15, 0.2) is 42.9 Å². The van der Waals surface area contributed by atoms with Crippen molar-refractivity contribution in [2.75, 3.05) is 18.0 Å². The van der Waals surface area contributed by atoms with E-state index >= 15 is 0 Å². The van der Waals surface area contributed by atoms with Crippen molar-refractivity contribution in [3.8, 4) is 5.88 Å². The molecule has 0 bridgehead atoms. The van der Waals surface area contributed by atoms with E-state index in [1.165, 1.54) is 0 Å². The molecule has 0 amide bonds. The van der Waals surface area contributed by atoms with Gasteiger partial charge in [-0.05, 0) is 31.0 Å². The van der Waals surface area contributed by atoms with Crippen LogP contribution in [-0.4, -0.2) is 39.1 Å². The van der Waals surface area contributed by atoms with Crippen LogP contribution in [0.25, 0.3) is 11.2 Å². The number of rotatable bonds is 3. The van der Waals surface area contributed by atoms with Crippen molar-refractivity contribution in [1.29, 1.82) is 0 Å². The molecule has 7 heteroatoms. The third kappa shape index (κ3) is 3.23. The van der Waals surface area contributed by atoms with Crippen LogP contribution < -0.4 is 9.64 Å². The van der Waals surface area contributed by atoms with Crippen molar-refractivity contribution in [3.63, 3.8) is 0 Å². The van der Waals surface area contributed by atoms with Gasteiger partial charge < -0.3 is 9.64 Å². The molecule has 0 spiro atoms. The van der Waals surface area contributed by atoms with Crippen LogP contribution in [0.3, 0.4) is 0 Å². The van der Waals surface area contributed by atoms with Gasteiger partial charge in [0.1, 0.15) is 17.4 Å². The van der Waals surface area contributed by atoms with Crippen LogP contribution in [0, 0.1) is 0 Å². The Morgan fingerprint density at radius 1 is 1.08 bits per heavy atom. The van der Waals surface area contributed by atoms with Gasteiger partial charge >= 0.3 is 0 Å². The van der Waals surface area contributed by atoms with Crippen LogP contribution in [0.4, 0.5) is 5.82 Å². The van der Waals surface area contributed by atoms with Gasteiger partial charge in [-0.2, -0.15) is 0 Å². The van der Waals surface area contributed by atoms with Crippen LogP contribution in [0.1, 0.15) is 12.8 Å². The monoisotopic (exact) mass is 341 g/mol. The second-order valence-electron chi connectivity index (χ2n) is 5.71. The van der Waals surface area contributed by atoms with Crippen LogP contribution in [-0.2, 0) is 0 Å². The van der Waals surface area contributed by atoms with Crippen LogP contribution >= 0.6 is 11.6 Å². The first-order valence-corrected chi connectivity index (χ1v) is 8.27. The highest BCUT2D eigenvalue weighted by atomic mass is 35.5. The van der Waals surface area contributed by atoms with E-state index in [1.54, 1.807) is 30.7 Å². The molecule has 0 radical (unpaired) electrons. The standard InChI is InChI=1S/C17H16ClN5O/c18-12-3-6-16(21-10-12)24-13-2-1-9-23(11-13)15-5-4-14-17(22-15)20-8-7-19-14/h3-8,10,13H,1-2,9,11H2. The zero-order valence-electron chi connectivity index (χ0n) is 13.0. The molecule has 122 valence electrons. The van der Waals surface area contributed by atoms with Crippen molar-refractivity contribution in [1.82, 2.24) is 19.9 Å². The lowest BCUT2D eigenvalue weighted by atomic mass is 10.1. The third-order valence-corrected chi connectivity index (χ3v) is 4.23. The molecular weight excluding hydrogens is 326 g/mol. The molecule has 1 saturated heterocycles. The number of hydrogen-bond acceptors (Lipinski definition) is 6. The highest BCUT2D eigenvalue weighted by Crippen LogP contribution is 2.22. The molecule has 0 aromatic carbocycles. The summed E-state index contributed by atoms with van der Waals surface area (Å²) in [4.78, 5) is 19.6. The van der Waals surface area contributed by atoms with E-state index in [-0.39, 0.29) is 6.10 Å². The molecule has 0 N–H and O–H groups in total. The van der Waals surface area contributed by atoms with Gasteiger partial charge in [0.05, 0.1) is 11.6 Å². The van der Waals surface area contributed by atoms with E-state index in [4.69, 9.17) is 16.3 Å². The number of halogens is 1. The fourth-order valence-corrected chi connectivity index (χ4v) is 2.98. The van der Waals surface area contributed by atoms with Gasteiger partial charge in [-0.25, -0.2) is 15.0 Å². The maximum atomic E-state index is 5.98. The molecule has 1 unspecified atom stereocenters. The Labute approximate surface area is 144 Å². The molecule has 1 aliphatic heterocycles. The number of piperidine rings is 1. The summed E-state index contributed by atoms with van der Waals surface area (Å²) < 4.78 is 5.98. The van der Waals surface area contributed by atoms with E-state index in [1.807, 2.05) is 12.1 Å². The Morgan fingerprint density at radius 2 is 2.00 bits per heavy atom. The fraction of sp³-hybridized carbons (Fsp3) is 0.294. The Balaban J connectivity index is 1.50. The number of ether oxygens (including phenoxy) is 1. The number of fused-ring (bicyclic) bond motifs is 1. The summed E-state index contributed by atoms with van der Waals surface area (Å²) in [7, 11) is 0. The van der Waals surface area contributed by atoms with E-state index in [0.29, 0.717) is 16.5 Å². The molecule has 3 aromatic heterocycles. The summed E-state index contributed by atoms with van der Waals surface area (Å²) in [5.41, 5.74) is 1.47. The topological polar surface area (TPSA) is 64.0 Å². The van der Waals surface area contributed by atoms with Gasteiger partial charge in [-0.3, -0.25) is 4.98 Å². The molecule has 6 nitrogen and oxygen atoms in total. The quantitative estimate of drug-likeness (QED) is 0.729. The maximum Gasteiger partial charge on any atom is 0.213 e. The summed E-state index contributed by atoms with van der Waals surface area (Å²) >= 11 is 5.86. The lowest BCUT2D eigenvalue weighted by Gasteiger charge is -2.33. The number of hydrogen-bond donors (Lipinski definition) is 0. The molecule has 1 atom stereocenters. The molecule has 0 aliphatic carbocycles. The molecule has 3 aromatic rings. The summed E-state index contributed by atoms with van der Waals surface area (Å²) in [6.45, 7) is 1.72. The molecule has 4 rings (SSSR count). The van der Waals surface area contributed by atoms with Gasteiger partial charge in [0.25, 0.3) is 0 Å². The molecule has 1 aliphatic rings. The summed E-state index contributed by atoms with van der Waals surface area (Å²) in [5.74, 6) is 1.50. The minimum absolute atomic E-state index is 0.0757. The normalized spacial score (nSPS) is 17.9. The Morgan fingerprint density at radius 3 is 2.88 bits per heavy atom. The molecule has 24 heavy (non-hydrogen) atoms. The first-order chi connectivity index (χ1) is 11.8. The predicted molar refractivity (Wildman–Crippen MR) is 92.4 cm³/mol. The first-order valence-electron chi connectivity index (χ1n) is 7.89. The smallest absolute Gasteiger partial charge is 0.213 e. The zero-order valence-corrected chi connectivity index (χ0v) is 13.7. The van der Waals surface area contributed by atoms with E-state index in [2.05, 4.69) is 24.8 Å². The van der Waals surface area contributed by atoms with Crippen LogP contribution in [0.5, 0.6) is 5.88 Å². The Hall–Kier alpha value is -2.47. The second kappa shape index (κ2) is 6.57. The van der Waals surface area contributed by atoms with Gasteiger partial charge in [0, 0.05) is 31.2 Å². The zero-order chi connectivity index (χ0) is 16.4. The molecule has 0 saturated carbocycles. The van der Waals surface area contributed by atoms with Gasteiger partial charge in [0.15, 0.2) is 5.65 Å². The number of anilines is 1. The lowest BCUT2D eigenvalue weighted by molar-refractivity contribution is 0.172. The van der Waals surface area contributed by atoms with E-state index in [0.717, 1.165) is 37.3 Å². The summed E-state index contributed by atoms with van der Waals surface area (Å²) in [5, 5.41) is 0.606. The number of nitrogens with zero attached hydrogens (tertiary/aromatic N) is 5. The van der Waals surface area contributed by atoms with E-state index < -0.39 is 0 Å². The highest BCUT2D eigenvalue weighted by Gasteiger charge is 2.23. The Bertz CT molecular complexity index is 842. The average molecular weight is 342 g/mol. The fourth-order valence-electron chi connectivity index (χ4n) is 2.87. The number of aromatic nitrogens is 4. The Kier molecular flexibility index (Phi) is 4.13. The van der Waals surface area contributed by atoms with Crippen molar-refractivity contribution in [2.24, 2.45) is 0 Å². The van der Waals surface area contributed by atoms with Crippen molar-refractivity contribution in [2.45, 2.75) is 18.9 Å². The second-order valence-corrected chi connectivity index (χ2v) is 6.15. The van der Waals surface area contributed by atoms with Crippen molar-refractivity contribution in [3.05, 3.63) is 47.9 Å². The molecule has 1 fully saturated rings. The molecule has 4 heterocycles. The van der Waals surface area contributed by atoms with Crippen molar-refractivity contribution >= 4 is 28.6 Å². The van der Waals surface area contributed by atoms with Crippen LogP contribution in [0.2, 0.25) is 5.02 Å². The van der Waals surface area contributed by atoms with Gasteiger partial charge in [-0.1, -0.05) is 11.6 Å². The average Bonchev–Trinajstić information content (AvgIpc) is 2.63. The van der Waals surface area contributed by atoms with Crippen molar-refractivity contribution < 1.29 is 4.74 Å². The minimum atomic E-state index is 0.0757. The summed E-state index contributed by atoms with van der Waals surface area (Å²) in [6.07, 6.45) is 7.04. The SMILES string of the molecule is Clc1ccc(OC2CCCN(c3ccc4nccnc4n3)C2)nc1. The minimum Gasteiger partial charge on any atom is -0.472 e. The summed E-state index contributed by atoms with van der Waals surface area (Å²) in [6, 6.07) is 7.52. The van der Waals surface area contributed by atoms with Gasteiger partial charge in [-0.15, -0.1) is 0 Å². The van der Waals surface area contributed by atoms with E-state index in [9.17, 15) is 0 Å². The largest absolute Gasteiger partial charge is 0.472 e. The molecular formula is C17H16ClN5O. The predicted octanol–water partition coefficient (Wildman–Crippen LogP) is 3.12.